The Bertz CT molecular complexity index is 1760. The van der Waals surface area contributed by atoms with Crippen LogP contribution in [0.25, 0.3) is 0 Å². The lowest BCUT2D eigenvalue weighted by atomic mass is 9.35. The second kappa shape index (κ2) is 11.3. The smallest absolute Gasteiger partial charge is 0.338 e. The fourth-order valence-corrected chi connectivity index (χ4v) is 10.3. The van der Waals surface area contributed by atoms with Crippen LogP contribution in [0.4, 0.5) is 10.1 Å². The van der Waals surface area contributed by atoms with Crippen LogP contribution in [-0.2, 0) is 25.5 Å². The molecular formula is C37H42FNO10. The van der Waals surface area contributed by atoms with Crippen LogP contribution >= 0.6 is 0 Å². The minimum Gasteiger partial charge on any atom is -0.493 e. The highest BCUT2D eigenvalue weighted by atomic mass is 19.1. The third-order valence-corrected chi connectivity index (χ3v) is 12.4. The van der Waals surface area contributed by atoms with E-state index in [2.05, 4.69) is 11.9 Å². The minimum atomic E-state index is -2.41. The van der Waals surface area contributed by atoms with Crippen LogP contribution in [0.3, 0.4) is 0 Å². The predicted octanol–water partition coefficient (Wildman–Crippen LogP) is 3.58. The van der Waals surface area contributed by atoms with Crippen LogP contribution in [-0.4, -0.2) is 77.9 Å². The van der Waals surface area contributed by atoms with Crippen LogP contribution in [0, 0.1) is 39.8 Å². The molecule has 8 rings (SSSR count). The molecule has 0 radical (unpaired) electrons. The molecule has 0 aromatic heterocycles. The molecule has 0 unspecified atom stereocenters. The largest absolute Gasteiger partial charge is 0.493 e. The van der Waals surface area contributed by atoms with E-state index in [0.29, 0.717) is 42.7 Å². The monoisotopic (exact) mass is 679 g/mol. The number of anilines is 1. The molecule has 2 heterocycles. The zero-order chi connectivity index (χ0) is 35.3. The molecule has 4 bridgehead atoms. The topological polar surface area (TPSA) is 161 Å². The van der Waals surface area contributed by atoms with Gasteiger partial charge >= 0.3 is 5.97 Å². The number of ether oxygens (including phenoxy) is 4. The first-order chi connectivity index (χ1) is 23.2. The standard InChI is InChI=1S/C37H42FNO10/c1-18-21-8-11-26-35-17-48-37(45,31(43)29(35)34(2,3)13-12-27(35)40)36(26,30(18)42)32(21)49-33(44)20-7-9-22(38)23(16-20)39-28(41)15-19-6-10-24(46-4)25(14-19)47-5/h6-7,9-10,14,16,21,26-27,29,31-32,40,43,45H,1,8,11-13,15,17H2,2-5H3,(H,39,41)/t21-,26-,27-,29+,31-,32+,35+,36-,37+/m0/s1. The Labute approximate surface area is 283 Å². The summed E-state index contributed by atoms with van der Waals surface area (Å²) in [7, 11) is 2.96. The molecule has 2 aromatic rings. The summed E-state index contributed by atoms with van der Waals surface area (Å²) in [6.07, 6.45) is -2.03. The first kappa shape index (κ1) is 33.6. The number of hydrogen-bond acceptors (Lipinski definition) is 10. The molecule has 2 spiro atoms. The van der Waals surface area contributed by atoms with E-state index in [4.69, 9.17) is 18.9 Å². The molecule has 9 atom stereocenters. The van der Waals surface area contributed by atoms with E-state index in [9.17, 15) is 34.1 Å². The second-order valence-electron chi connectivity index (χ2n) is 15.0. The van der Waals surface area contributed by atoms with Crippen LogP contribution in [0.15, 0.2) is 48.6 Å². The lowest BCUT2D eigenvalue weighted by Crippen LogP contribution is -2.85. The zero-order valence-corrected chi connectivity index (χ0v) is 28.0. The first-order valence-electron chi connectivity index (χ1n) is 16.6. The number of nitrogens with one attached hydrogen (secondary N) is 1. The number of hydrogen-bond donors (Lipinski definition) is 4. The van der Waals surface area contributed by atoms with Crippen LogP contribution in [0.2, 0.25) is 0 Å². The summed E-state index contributed by atoms with van der Waals surface area (Å²) in [6, 6.07) is 8.33. The fraction of sp³-hybridized carbons (Fsp3) is 0.541. The summed E-state index contributed by atoms with van der Waals surface area (Å²) in [5.41, 5.74) is -3.11. The maximum absolute atomic E-state index is 15.0. The molecule has 262 valence electrons. The van der Waals surface area contributed by atoms with Gasteiger partial charge in [0.25, 0.3) is 0 Å². The molecule has 12 heteroatoms. The highest BCUT2D eigenvalue weighted by Gasteiger charge is 2.87. The lowest BCUT2D eigenvalue weighted by Gasteiger charge is -2.74. The van der Waals surface area contributed by atoms with Gasteiger partial charge in [-0.2, -0.15) is 0 Å². The number of carbonyl (C=O) groups is 3. The van der Waals surface area contributed by atoms with E-state index >= 15 is 0 Å². The summed E-state index contributed by atoms with van der Waals surface area (Å²) in [6.45, 7) is 7.95. The summed E-state index contributed by atoms with van der Waals surface area (Å²) in [4.78, 5) is 41.2. The Balaban J connectivity index is 1.19. The van der Waals surface area contributed by atoms with Crippen molar-refractivity contribution >= 4 is 23.3 Å². The number of ketones is 1. The van der Waals surface area contributed by atoms with Crippen molar-refractivity contribution in [3.05, 3.63) is 65.5 Å². The van der Waals surface area contributed by atoms with Crippen LogP contribution < -0.4 is 14.8 Å². The number of amides is 1. The molecule has 49 heavy (non-hydrogen) atoms. The average Bonchev–Trinajstić information content (AvgIpc) is 3.18. The van der Waals surface area contributed by atoms with Crippen molar-refractivity contribution in [3.8, 4) is 11.5 Å². The maximum Gasteiger partial charge on any atom is 0.338 e. The number of benzene rings is 2. The van der Waals surface area contributed by atoms with Crippen molar-refractivity contribution in [1.29, 1.82) is 0 Å². The number of Topliss-reactive ketones (excluding diaryl/α,β-unsaturated/α-hetero) is 1. The number of fused-ring (bicyclic) bond motifs is 2. The quantitative estimate of drug-likeness (QED) is 0.252. The van der Waals surface area contributed by atoms with Crippen molar-refractivity contribution in [2.45, 2.75) is 70.1 Å². The number of carbonyl (C=O) groups excluding carboxylic acids is 3. The number of aliphatic hydroxyl groups excluding tert-OH is 2. The van der Waals surface area contributed by atoms with E-state index in [1.807, 2.05) is 13.8 Å². The Morgan fingerprint density at radius 1 is 1.06 bits per heavy atom. The SMILES string of the molecule is C=C1C(=O)[C@]23[C@H](OC(=O)c4ccc(F)c(NC(=O)Cc5ccc(OC)c(OC)c5)c4)[C@H]1CC[C@H]2[C@@]12CO[C@]3(O)[C@@H](O)[C@@H]1C(C)(C)CC[C@@H]2O. The van der Waals surface area contributed by atoms with Gasteiger partial charge in [0.1, 0.15) is 23.4 Å². The predicted molar refractivity (Wildman–Crippen MR) is 172 cm³/mol. The fourth-order valence-electron chi connectivity index (χ4n) is 10.3. The summed E-state index contributed by atoms with van der Waals surface area (Å²) >= 11 is 0. The Morgan fingerprint density at radius 3 is 2.51 bits per heavy atom. The molecule has 4 aliphatic carbocycles. The van der Waals surface area contributed by atoms with Gasteiger partial charge in [0, 0.05) is 17.3 Å². The molecule has 2 aliphatic heterocycles. The van der Waals surface area contributed by atoms with Gasteiger partial charge in [0.05, 0.1) is 44.6 Å². The Hall–Kier alpha value is -3.84. The lowest BCUT2D eigenvalue weighted by molar-refractivity contribution is -0.457. The van der Waals surface area contributed by atoms with E-state index in [0.717, 1.165) is 12.1 Å². The summed E-state index contributed by atoms with van der Waals surface area (Å²) in [5.74, 6) is -6.25. The van der Waals surface area contributed by atoms with Gasteiger partial charge in [-0.1, -0.05) is 26.5 Å². The van der Waals surface area contributed by atoms with Crippen molar-refractivity contribution in [2.24, 2.45) is 34.0 Å². The van der Waals surface area contributed by atoms with Gasteiger partial charge in [-0.05, 0) is 78.5 Å². The van der Waals surface area contributed by atoms with Crippen molar-refractivity contribution in [1.82, 2.24) is 0 Å². The van der Waals surface area contributed by atoms with E-state index in [1.165, 1.54) is 20.3 Å². The second-order valence-corrected chi connectivity index (χ2v) is 15.0. The maximum atomic E-state index is 15.0. The molecule has 1 amide bonds. The number of methoxy groups -OCH3 is 2. The molecule has 11 nitrogen and oxygen atoms in total. The minimum absolute atomic E-state index is 0.0579. The average molecular weight is 680 g/mol. The van der Waals surface area contributed by atoms with Crippen LogP contribution in [0.1, 0.15) is 55.5 Å². The Kier molecular flexibility index (Phi) is 7.79. The molecule has 2 saturated heterocycles. The summed E-state index contributed by atoms with van der Waals surface area (Å²) in [5, 5.41) is 38.5. The van der Waals surface area contributed by atoms with E-state index < -0.39 is 81.6 Å². The number of halogens is 1. The molecule has 6 fully saturated rings. The number of esters is 1. The molecule has 4 N–H and O–H groups in total. The number of aliphatic hydroxyl groups is 3. The van der Waals surface area contributed by atoms with Gasteiger partial charge in [-0.3, -0.25) is 9.59 Å². The van der Waals surface area contributed by atoms with Gasteiger partial charge in [-0.15, -0.1) is 0 Å². The third kappa shape index (κ3) is 4.43. The van der Waals surface area contributed by atoms with Crippen LogP contribution in [0.5, 0.6) is 11.5 Å². The normalized spacial score (nSPS) is 36.8. The molecule has 2 aromatic carbocycles. The first-order valence-corrected chi connectivity index (χ1v) is 16.6. The molecule has 6 aliphatic rings. The molecule has 4 saturated carbocycles. The van der Waals surface area contributed by atoms with Gasteiger partial charge < -0.3 is 39.6 Å². The van der Waals surface area contributed by atoms with Gasteiger partial charge in [0.15, 0.2) is 17.3 Å². The highest BCUT2D eigenvalue weighted by Crippen LogP contribution is 2.76. The van der Waals surface area contributed by atoms with E-state index in [-0.39, 0.29) is 29.9 Å². The van der Waals surface area contributed by atoms with Gasteiger partial charge in [-0.25, -0.2) is 9.18 Å². The zero-order valence-electron chi connectivity index (χ0n) is 28.0. The van der Waals surface area contributed by atoms with E-state index in [1.54, 1.807) is 18.2 Å². The highest BCUT2D eigenvalue weighted by molar-refractivity contribution is 6.06. The summed E-state index contributed by atoms with van der Waals surface area (Å²) < 4.78 is 37.7. The third-order valence-electron chi connectivity index (χ3n) is 12.4. The Morgan fingerprint density at radius 2 is 1.80 bits per heavy atom. The van der Waals surface area contributed by atoms with Crippen molar-refractivity contribution in [2.75, 3.05) is 26.1 Å². The van der Waals surface area contributed by atoms with Crippen molar-refractivity contribution in [3.63, 3.8) is 0 Å². The molecular weight excluding hydrogens is 637 g/mol. The number of rotatable bonds is 7. The van der Waals surface area contributed by atoms with Crippen molar-refractivity contribution < 1.29 is 53.0 Å². The van der Waals surface area contributed by atoms with Gasteiger partial charge in [0.2, 0.25) is 11.7 Å².